The number of hydrogen-bond donors (Lipinski definition) is 1. The highest BCUT2D eigenvalue weighted by atomic mass is 16.7. The van der Waals surface area contributed by atoms with Crippen LogP contribution in [-0.2, 0) is 17.9 Å². The summed E-state index contributed by atoms with van der Waals surface area (Å²) in [5.74, 6) is 2.28. The van der Waals surface area contributed by atoms with Gasteiger partial charge in [-0.25, -0.2) is 4.98 Å². The lowest BCUT2D eigenvalue weighted by atomic mass is 10.2. The van der Waals surface area contributed by atoms with Crippen LogP contribution in [0.25, 0.3) is 10.9 Å². The first-order valence-corrected chi connectivity index (χ1v) is 9.85. The normalized spacial score (nSPS) is 12.1. The van der Waals surface area contributed by atoms with Gasteiger partial charge >= 0.3 is 0 Å². The van der Waals surface area contributed by atoms with Crippen molar-refractivity contribution >= 4 is 16.8 Å². The first-order valence-electron chi connectivity index (χ1n) is 9.85. The van der Waals surface area contributed by atoms with E-state index in [0.717, 1.165) is 5.56 Å². The van der Waals surface area contributed by atoms with Gasteiger partial charge in [0.15, 0.2) is 23.0 Å². The van der Waals surface area contributed by atoms with Gasteiger partial charge in [0.25, 0.3) is 5.56 Å². The van der Waals surface area contributed by atoms with Crippen LogP contribution >= 0.6 is 0 Å². The van der Waals surface area contributed by atoms with Crippen LogP contribution in [0, 0.1) is 0 Å². The van der Waals surface area contributed by atoms with Crippen molar-refractivity contribution in [2.75, 3.05) is 21.0 Å². The molecule has 1 aliphatic heterocycles. The Kier molecular flexibility index (Phi) is 5.92. The molecule has 0 bridgehead atoms. The van der Waals surface area contributed by atoms with Gasteiger partial charge in [-0.05, 0) is 30.2 Å². The smallest absolute Gasteiger partial charge is 0.261 e. The highest BCUT2D eigenvalue weighted by Gasteiger charge is 2.14. The molecule has 0 atom stereocenters. The minimum atomic E-state index is -0.188. The van der Waals surface area contributed by atoms with E-state index in [1.807, 2.05) is 18.2 Å². The van der Waals surface area contributed by atoms with Crippen molar-refractivity contribution in [3.05, 3.63) is 52.6 Å². The second kappa shape index (κ2) is 8.95. The van der Waals surface area contributed by atoms with Gasteiger partial charge in [-0.15, -0.1) is 0 Å². The van der Waals surface area contributed by atoms with Gasteiger partial charge in [0.2, 0.25) is 12.7 Å². The number of aromatic nitrogens is 2. The summed E-state index contributed by atoms with van der Waals surface area (Å²) in [5.41, 5.74) is 1.27. The molecule has 0 fully saturated rings. The lowest BCUT2D eigenvalue weighted by Gasteiger charge is -2.11. The van der Waals surface area contributed by atoms with Gasteiger partial charge in [-0.1, -0.05) is 6.07 Å². The van der Waals surface area contributed by atoms with Crippen LogP contribution in [-0.4, -0.2) is 36.5 Å². The zero-order valence-corrected chi connectivity index (χ0v) is 17.3. The summed E-state index contributed by atoms with van der Waals surface area (Å²) in [6, 6.07) is 8.86. The van der Waals surface area contributed by atoms with E-state index < -0.39 is 0 Å². The van der Waals surface area contributed by atoms with Gasteiger partial charge in [-0.2, -0.15) is 0 Å². The van der Waals surface area contributed by atoms with Crippen molar-refractivity contribution in [3.8, 4) is 23.0 Å². The molecule has 2 heterocycles. The number of fused-ring (bicyclic) bond motifs is 2. The first-order chi connectivity index (χ1) is 15.1. The average molecular weight is 425 g/mol. The minimum Gasteiger partial charge on any atom is -0.493 e. The predicted octanol–water partition coefficient (Wildman–Crippen LogP) is 2.24. The number of nitrogens with one attached hydrogen (secondary N) is 1. The van der Waals surface area contributed by atoms with Crippen molar-refractivity contribution in [1.29, 1.82) is 0 Å². The number of rotatable bonds is 8. The third kappa shape index (κ3) is 4.40. The molecule has 0 saturated heterocycles. The van der Waals surface area contributed by atoms with E-state index in [0.29, 0.717) is 59.8 Å². The summed E-state index contributed by atoms with van der Waals surface area (Å²) in [6.45, 7) is 0.997. The molecule has 0 aliphatic carbocycles. The Labute approximate surface area is 178 Å². The number of carbonyl (C=O) groups excluding carboxylic acids is 1. The molecular formula is C22H23N3O6. The molecule has 31 heavy (non-hydrogen) atoms. The molecular weight excluding hydrogens is 402 g/mol. The van der Waals surface area contributed by atoms with Gasteiger partial charge < -0.3 is 24.3 Å². The third-order valence-corrected chi connectivity index (χ3v) is 5.06. The zero-order valence-electron chi connectivity index (χ0n) is 17.3. The molecule has 0 unspecified atom stereocenters. The second-order valence-electron chi connectivity index (χ2n) is 7.04. The maximum atomic E-state index is 12.8. The Morgan fingerprint density at radius 1 is 1.13 bits per heavy atom. The van der Waals surface area contributed by atoms with Crippen LogP contribution in [0.3, 0.4) is 0 Å². The van der Waals surface area contributed by atoms with Gasteiger partial charge in [0, 0.05) is 25.6 Å². The van der Waals surface area contributed by atoms with Crippen LogP contribution in [0.5, 0.6) is 23.0 Å². The largest absolute Gasteiger partial charge is 0.493 e. The van der Waals surface area contributed by atoms with E-state index in [1.165, 1.54) is 25.1 Å². The Morgan fingerprint density at radius 3 is 2.71 bits per heavy atom. The van der Waals surface area contributed by atoms with Crippen LogP contribution in [0.2, 0.25) is 0 Å². The Bertz CT molecular complexity index is 1170. The summed E-state index contributed by atoms with van der Waals surface area (Å²) >= 11 is 0. The monoisotopic (exact) mass is 425 g/mol. The molecule has 1 aliphatic rings. The zero-order chi connectivity index (χ0) is 21.8. The molecule has 1 aromatic heterocycles. The van der Waals surface area contributed by atoms with Crippen LogP contribution in [0.15, 0.2) is 41.5 Å². The fourth-order valence-electron chi connectivity index (χ4n) is 3.39. The van der Waals surface area contributed by atoms with E-state index >= 15 is 0 Å². The molecule has 0 radical (unpaired) electrons. The first kappa shape index (κ1) is 20.5. The molecule has 1 amide bonds. The third-order valence-electron chi connectivity index (χ3n) is 5.06. The summed E-state index contributed by atoms with van der Waals surface area (Å²) < 4.78 is 22.6. The fourth-order valence-corrected chi connectivity index (χ4v) is 3.39. The van der Waals surface area contributed by atoms with Crippen molar-refractivity contribution in [2.24, 2.45) is 0 Å². The number of hydrogen-bond acceptors (Lipinski definition) is 7. The average Bonchev–Trinajstić information content (AvgIpc) is 3.26. The molecule has 2 aromatic carbocycles. The number of methoxy groups -OCH3 is 2. The number of benzene rings is 2. The highest BCUT2D eigenvalue weighted by Crippen LogP contribution is 2.32. The molecule has 4 rings (SSSR count). The summed E-state index contributed by atoms with van der Waals surface area (Å²) in [5, 5.41) is 3.32. The standard InChI is InChI=1S/C22H23N3O6/c1-28-18-9-15-16(10-19(18)29-2)24-12-25(22(15)27)7-3-4-21(26)23-11-14-5-6-17-20(8-14)31-13-30-17/h5-6,8-10,12H,3-4,7,11,13H2,1-2H3,(H,23,26). The molecule has 3 aromatic rings. The minimum absolute atomic E-state index is 0.0918. The lowest BCUT2D eigenvalue weighted by molar-refractivity contribution is -0.121. The number of ether oxygens (including phenoxy) is 4. The number of aryl methyl sites for hydroxylation is 1. The predicted molar refractivity (Wildman–Crippen MR) is 113 cm³/mol. The second-order valence-corrected chi connectivity index (χ2v) is 7.04. The molecule has 1 N–H and O–H groups in total. The summed E-state index contributed by atoms with van der Waals surface area (Å²) in [7, 11) is 3.04. The van der Waals surface area contributed by atoms with Crippen molar-refractivity contribution in [3.63, 3.8) is 0 Å². The maximum Gasteiger partial charge on any atom is 0.261 e. The van der Waals surface area contributed by atoms with E-state index in [-0.39, 0.29) is 18.3 Å². The highest BCUT2D eigenvalue weighted by molar-refractivity contribution is 5.81. The number of nitrogens with zero attached hydrogens (tertiary/aromatic N) is 2. The van der Waals surface area contributed by atoms with Crippen molar-refractivity contribution < 1.29 is 23.7 Å². The van der Waals surface area contributed by atoms with Crippen molar-refractivity contribution in [1.82, 2.24) is 14.9 Å². The van der Waals surface area contributed by atoms with E-state index in [9.17, 15) is 9.59 Å². The van der Waals surface area contributed by atoms with E-state index in [4.69, 9.17) is 18.9 Å². The maximum absolute atomic E-state index is 12.8. The summed E-state index contributed by atoms with van der Waals surface area (Å²) in [4.78, 5) is 29.3. The molecule has 0 spiro atoms. The van der Waals surface area contributed by atoms with E-state index in [1.54, 1.807) is 12.1 Å². The Balaban J connectivity index is 1.34. The number of carbonyl (C=O) groups is 1. The lowest BCUT2D eigenvalue weighted by Crippen LogP contribution is -2.24. The van der Waals surface area contributed by atoms with Crippen LogP contribution < -0.4 is 29.8 Å². The number of amides is 1. The van der Waals surface area contributed by atoms with Gasteiger partial charge in [0.1, 0.15) is 0 Å². The van der Waals surface area contributed by atoms with Crippen LogP contribution in [0.1, 0.15) is 18.4 Å². The quantitative estimate of drug-likeness (QED) is 0.591. The van der Waals surface area contributed by atoms with Crippen molar-refractivity contribution in [2.45, 2.75) is 25.9 Å². The molecule has 162 valence electrons. The topological polar surface area (TPSA) is 101 Å². The Hall–Kier alpha value is -3.75. The Morgan fingerprint density at radius 2 is 1.90 bits per heavy atom. The molecule has 0 saturated carbocycles. The van der Waals surface area contributed by atoms with Gasteiger partial charge in [0.05, 0.1) is 31.4 Å². The van der Waals surface area contributed by atoms with Crippen LogP contribution in [0.4, 0.5) is 0 Å². The molecule has 9 nitrogen and oxygen atoms in total. The molecule has 9 heteroatoms. The van der Waals surface area contributed by atoms with Gasteiger partial charge in [-0.3, -0.25) is 14.2 Å². The van der Waals surface area contributed by atoms with E-state index in [2.05, 4.69) is 10.3 Å². The SMILES string of the molecule is COc1cc2ncn(CCCC(=O)NCc3ccc4c(c3)OCO4)c(=O)c2cc1OC. The summed E-state index contributed by atoms with van der Waals surface area (Å²) in [6.07, 6.45) is 2.29. The fraction of sp³-hybridized carbons (Fsp3) is 0.318.